The van der Waals surface area contributed by atoms with E-state index in [2.05, 4.69) is 5.32 Å². The monoisotopic (exact) mass is 324 g/mol. The van der Waals surface area contributed by atoms with E-state index in [1.165, 1.54) is 0 Å². The molecule has 0 aliphatic carbocycles. The number of halogens is 1. The number of sulfonamides is 1. The van der Waals surface area contributed by atoms with Gasteiger partial charge >= 0.3 is 0 Å². The van der Waals surface area contributed by atoms with Gasteiger partial charge in [0, 0.05) is 34.9 Å². The smallest absolute Gasteiger partial charge is 0.244 e. The Hall–Kier alpha value is -0.140. The number of nitrogens with zero attached hydrogens (tertiary/aromatic N) is 1. The van der Waals surface area contributed by atoms with Crippen LogP contribution in [0.2, 0.25) is 0 Å². The van der Waals surface area contributed by atoms with Crippen LogP contribution in [0.25, 0.3) is 0 Å². The molecule has 1 aliphatic heterocycles. The average molecular weight is 325 g/mol. The Labute approximate surface area is 125 Å². The fourth-order valence-electron chi connectivity index (χ4n) is 2.35. The van der Waals surface area contributed by atoms with E-state index in [0.29, 0.717) is 18.0 Å². The molecule has 0 bridgehead atoms. The van der Waals surface area contributed by atoms with Crippen molar-refractivity contribution in [2.75, 3.05) is 13.1 Å². The van der Waals surface area contributed by atoms with Crippen LogP contribution in [0.5, 0.6) is 0 Å². The highest BCUT2D eigenvalue weighted by atomic mass is 35.5. The van der Waals surface area contributed by atoms with Gasteiger partial charge in [0.2, 0.25) is 10.0 Å². The summed E-state index contributed by atoms with van der Waals surface area (Å²) < 4.78 is 27.0. The van der Waals surface area contributed by atoms with E-state index in [-0.39, 0.29) is 24.5 Å². The summed E-state index contributed by atoms with van der Waals surface area (Å²) in [7, 11) is -3.35. The summed E-state index contributed by atoms with van der Waals surface area (Å²) in [6.07, 6.45) is 0. The number of nitrogens with one attached hydrogen (secondary N) is 1. The van der Waals surface area contributed by atoms with Gasteiger partial charge in [0.25, 0.3) is 0 Å². The molecule has 4 nitrogen and oxygen atoms in total. The molecule has 1 aromatic rings. The molecule has 2 atom stereocenters. The summed E-state index contributed by atoms with van der Waals surface area (Å²) in [6, 6.07) is 1.96. The van der Waals surface area contributed by atoms with Gasteiger partial charge in [0.15, 0.2) is 0 Å². The van der Waals surface area contributed by atoms with Crippen molar-refractivity contribution in [3.8, 4) is 0 Å². The third kappa shape index (κ3) is 3.13. The van der Waals surface area contributed by atoms with Crippen molar-refractivity contribution in [2.45, 2.75) is 44.7 Å². The Morgan fingerprint density at radius 3 is 2.53 bits per heavy atom. The highest BCUT2D eigenvalue weighted by Gasteiger charge is 2.35. The van der Waals surface area contributed by atoms with E-state index in [0.717, 1.165) is 9.75 Å². The average Bonchev–Trinajstić information content (AvgIpc) is 2.62. The Kier molecular flexibility index (Phi) is 5.43. The zero-order valence-electron chi connectivity index (χ0n) is 11.6. The minimum Gasteiger partial charge on any atom is -0.311 e. The van der Waals surface area contributed by atoms with E-state index in [4.69, 9.17) is 0 Å². The SMILES string of the molecule is Cc1cc(S(=O)(=O)N2CCNC(C)C2C)c(C)s1.Cl. The second kappa shape index (κ2) is 6.10. The second-order valence-corrected chi connectivity index (χ2v) is 8.20. The van der Waals surface area contributed by atoms with Gasteiger partial charge in [-0.1, -0.05) is 0 Å². The third-order valence-electron chi connectivity index (χ3n) is 3.56. The molecular weight excluding hydrogens is 304 g/mol. The second-order valence-electron chi connectivity index (χ2n) is 4.88. The van der Waals surface area contributed by atoms with Gasteiger partial charge in [-0.3, -0.25) is 0 Å². The lowest BCUT2D eigenvalue weighted by Crippen LogP contribution is -2.57. The molecule has 1 saturated heterocycles. The minimum atomic E-state index is -3.35. The lowest BCUT2D eigenvalue weighted by atomic mass is 10.1. The largest absolute Gasteiger partial charge is 0.311 e. The van der Waals surface area contributed by atoms with Crippen LogP contribution in [-0.2, 0) is 10.0 Å². The number of piperazine rings is 1. The first-order valence-corrected chi connectivity index (χ1v) is 8.42. The number of thiophene rings is 1. The molecule has 2 unspecified atom stereocenters. The van der Waals surface area contributed by atoms with Gasteiger partial charge < -0.3 is 5.32 Å². The van der Waals surface area contributed by atoms with Crippen molar-refractivity contribution in [2.24, 2.45) is 0 Å². The van der Waals surface area contributed by atoms with E-state index in [1.807, 2.05) is 27.7 Å². The molecule has 1 aliphatic rings. The highest BCUT2D eigenvalue weighted by molar-refractivity contribution is 7.89. The fraction of sp³-hybridized carbons (Fsp3) is 0.667. The molecule has 0 spiro atoms. The van der Waals surface area contributed by atoms with Crippen LogP contribution in [0.1, 0.15) is 23.6 Å². The molecular formula is C12H21ClN2O2S2. The fourth-order valence-corrected chi connectivity index (χ4v) is 5.58. The normalized spacial score (nSPS) is 25.1. The zero-order valence-corrected chi connectivity index (χ0v) is 14.1. The maximum Gasteiger partial charge on any atom is 0.244 e. The van der Waals surface area contributed by atoms with E-state index in [9.17, 15) is 8.42 Å². The molecule has 1 aromatic heterocycles. The predicted octanol–water partition coefficient (Wildman–Crippen LogP) is 2.16. The first-order chi connectivity index (χ1) is 8.34. The van der Waals surface area contributed by atoms with Crippen molar-refractivity contribution < 1.29 is 8.42 Å². The Bertz CT molecular complexity index is 542. The standard InChI is InChI=1S/C12H20N2O2S2.ClH/c1-8-7-12(11(4)17-8)18(15,16)14-6-5-13-9(2)10(14)3;/h7,9-10,13H,5-6H2,1-4H3;1H. The molecule has 0 saturated carbocycles. The molecule has 1 fully saturated rings. The van der Waals surface area contributed by atoms with Crippen LogP contribution in [0.3, 0.4) is 0 Å². The molecule has 0 aromatic carbocycles. The van der Waals surface area contributed by atoms with Gasteiger partial charge in [-0.25, -0.2) is 8.42 Å². The Balaban J connectivity index is 0.00000180. The van der Waals surface area contributed by atoms with Gasteiger partial charge in [0.05, 0.1) is 4.90 Å². The first kappa shape index (κ1) is 16.9. The Morgan fingerprint density at radius 1 is 1.37 bits per heavy atom. The molecule has 1 N–H and O–H groups in total. The lowest BCUT2D eigenvalue weighted by molar-refractivity contribution is 0.233. The molecule has 2 heterocycles. The van der Waals surface area contributed by atoms with Crippen molar-refractivity contribution in [3.63, 3.8) is 0 Å². The summed E-state index contributed by atoms with van der Waals surface area (Å²) in [4.78, 5) is 2.40. The van der Waals surface area contributed by atoms with Gasteiger partial charge in [-0.15, -0.1) is 23.7 Å². The summed E-state index contributed by atoms with van der Waals surface area (Å²) in [6.45, 7) is 9.07. The summed E-state index contributed by atoms with van der Waals surface area (Å²) in [5.41, 5.74) is 0. The van der Waals surface area contributed by atoms with Crippen LogP contribution in [0, 0.1) is 13.8 Å². The number of aryl methyl sites for hydroxylation is 2. The molecule has 2 rings (SSSR count). The van der Waals surface area contributed by atoms with Crippen molar-refractivity contribution in [1.82, 2.24) is 9.62 Å². The lowest BCUT2D eigenvalue weighted by Gasteiger charge is -2.37. The Morgan fingerprint density at radius 2 is 2.00 bits per heavy atom. The topological polar surface area (TPSA) is 49.4 Å². The van der Waals surface area contributed by atoms with Crippen LogP contribution in [-0.4, -0.2) is 37.9 Å². The zero-order chi connectivity index (χ0) is 13.5. The first-order valence-electron chi connectivity index (χ1n) is 6.16. The van der Waals surface area contributed by atoms with Gasteiger partial charge in [-0.05, 0) is 33.8 Å². The van der Waals surface area contributed by atoms with Crippen molar-refractivity contribution in [3.05, 3.63) is 15.8 Å². The van der Waals surface area contributed by atoms with Crippen LogP contribution in [0.15, 0.2) is 11.0 Å². The predicted molar refractivity (Wildman–Crippen MR) is 81.9 cm³/mol. The minimum absolute atomic E-state index is 0. The summed E-state index contributed by atoms with van der Waals surface area (Å²) in [5.74, 6) is 0. The molecule has 0 radical (unpaired) electrons. The third-order valence-corrected chi connectivity index (χ3v) is 6.77. The van der Waals surface area contributed by atoms with Gasteiger partial charge in [-0.2, -0.15) is 4.31 Å². The van der Waals surface area contributed by atoms with E-state index < -0.39 is 10.0 Å². The summed E-state index contributed by atoms with van der Waals surface area (Å²) >= 11 is 1.54. The molecule has 19 heavy (non-hydrogen) atoms. The number of hydrogen-bond acceptors (Lipinski definition) is 4. The van der Waals surface area contributed by atoms with Crippen LogP contribution in [0.4, 0.5) is 0 Å². The number of hydrogen-bond donors (Lipinski definition) is 1. The maximum absolute atomic E-state index is 12.7. The van der Waals surface area contributed by atoms with Crippen LogP contribution < -0.4 is 5.32 Å². The van der Waals surface area contributed by atoms with Crippen molar-refractivity contribution >= 4 is 33.8 Å². The molecule has 110 valence electrons. The van der Waals surface area contributed by atoms with Gasteiger partial charge in [0.1, 0.15) is 0 Å². The number of rotatable bonds is 2. The highest BCUT2D eigenvalue weighted by Crippen LogP contribution is 2.29. The maximum atomic E-state index is 12.7. The van der Waals surface area contributed by atoms with Crippen molar-refractivity contribution in [1.29, 1.82) is 0 Å². The molecule has 7 heteroatoms. The summed E-state index contributed by atoms with van der Waals surface area (Å²) in [5, 5.41) is 3.30. The molecule has 0 amide bonds. The quantitative estimate of drug-likeness (QED) is 0.907. The van der Waals surface area contributed by atoms with E-state index >= 15 is 0 Å². The van der Waals surface area contributed by atoms with Crippen LogP contribution >= 0.6 is 23.7 Å². The van der Waals surface area contributed by atoms with E-state index in [1.54, 1.807) is 21.7 Å².